The predicted octanol–water partition coefficient (Wildman–Crippen LogP) is 3.15. The number of rotatable bonds is 6. The fraction of sp³-hybridized carbons (Fsp3) is 0.571. The van der Waals surface area contributed by atoms with Crippen LogP contribution in [0.2, 0.25) is 0 Å². The first-order valence-electron chi connectivity index (χ1n) is 9.25. The van der Waals surface area contributed by atoms with Crippen molar-refractivity contribution < 1.29 is 24.1 Å². The first-order chi connectivity index (χ1) is 12.7. The number of carbonyl (C=O) groups is 1. The van der Waals surface area contributed by atoms with Gasteiger partial charge in [-0.15, -0.1) is 6.58 Å². The molecule has 1 unspecified atom stereocenters. The zero-order valence-electron chi connectivity index (χ0n) is 16.5. The number of carbonyl (C=O) groups excluding carboxylic acids is 1. The molecule has 1 fully saturated rings. The van der Waals surface area contributed by atoms with Gasteiger partial charge < -0.3 is 24.2 Å². The number of hydrogen-bond acceptors (Lipinski definition) is 5. The third-order valence-corrected chi connectivity index (χ3v) is 4.09. The molecular weight excluding hydrogens is 346 g/mol. The lowest BCUT2D eigenvalue weighted by atomic mass is 10.0. The zero-order chi connectivity index (χ0) is 19.9. The Morgan fingerprint density at radius 1 is 1.41 bits per heavy atom. The van der Waals surface area contributed by atoms with Crippen LogP contribution in [0.5, 0.6) is 0 Å². The van der Waals surface area contributed by atoms with Crippen LogP contribution in [-0.2, 0) is 20.8 Å². The quantitative estimate of drug-likeness (QED) is 0.772. The highest BCUT2D eigenvalue weighted by Crippen LogP contribution is 2.22. The van der Waals surface area contributed by atoms with Gasteiger partial charge in [-0.2, -0.15) is 0 Å². The van der Waals surface area contributed by atoms with Gasteiger partial charge in [-0.05, 0) is 32.8 Å². The molecule has 1 aliphatic rings. The molecule has 0 radical (unpaired) electrons. The van der Waals surface area contributed by atoms with Gasteiger partial charge in [0.05, 0.1) is 39.0 Å². The van der Waals surface area contributed by atoms with Gasteiger partial charge in [0.25, 0.3) is 0 Å². The first kappa shape index (κ1) is 21.4. The number of benzene rings is 1. The van der Waals surface area contributed by atoms with E-state index in [4.69, 9.17) is 14.2 Å². The first-order valence-corrected chi connectivity index (χ1v) is 9.25. The van der Waals surface area contributed by atoms with Crippen LogP contribution < -0.4 is 0 Å². The number of hydrogen-bond donors (Lipinski definition) is 1. The largest absolute Gasteiger partial charge is 0.444 e. The van der Waals surface area contributed by atoms with Crippen molar-refractivity contribution in [1.29, 1.82) is 0 Å². The topological polar surface area (TPSA) is 68.2 Å². The third kappa shape index (κ3) is 7.33. The molecule has 1 aromatic rings. The Morgan fingerprint density at radius 2 is 2.11 bits per heavy atom. The molecule has 2 rings (SSSR count). The summed E-state index contributed by atoms with van der Waals surface area (Å²) >= 11 is 0. The van der Waals surface area contributed by atoms with Gasteiger partial charge in [-0.25, -0.2) is 4.79 Å². The van der Waals surface area contributed by atoms with Crippen LogP contribution in [0.1, 0.15) is 32.8 Å². The molecule has 1 N–H and O–H groups in total. The summed E-state index contributed by atoms with van der Waals surface area (Å²) < 4.78 is 17.1. The Balaban J connectivity index is 2.00. The number of nitrogens with zero attached hydrogens (tertiary/aromatic N) is 1. The van der Waals surface area contributed by atoms with E-state index in [-0.39, 0.29) is 19.3 Å². The molecular formula is C21H31NO5. The fourth-order valence-electron chi connectivity index (χ4n) is 2.88. The van der Waals surface area contributed by atoms with E-state index in [0.717, 1.165) is 5.56 Å². The van der Waals surface area contributed by atoms with Gasteiger partial charge in [0, 0.05) is 0 Å². The Bertz CT molecular complexity index is 613. The van der Waals surface area contributed by atoms with Gasteiger partial charge in [0.15, 0.2) is 0 Å². The van der Waals surface area contributed by atoms with E-state index in [0.29, 0.717) is 26.2 Å². The standard InChI is InChI=1S/C21H31NO5/c1-5-11-21(24)15-22(19(23)27-20(2,3)4)12-18(26-16-21)14-25-13-17-9-7-6-8-10-17/h5-10,18,24H,1,11-16H2,2-4H3/t18-,21?/m0/s1. The highest BCUT2D eigenvalue weighted by molar-refractivity contribution is 5.68. The van der Waals surface area contributed by atoms with Gasteiger partial charge in [0.1, 0.15) is 11.2 Å². The van der Waals surface area contributed by atoms with Crippen LogP contribution in [0, 0.1) is 0 Å². The van der Waals surface area contributed by atoms with Gasteiger partial charge in [-0.3, -0.25) is 0 Å². The molecule has 1 amide bonds. The number of β-amino-alcohol motifs (C(OH)–C–C–N with tert-alkyl or cyclic N) is 1. The molecule has 27 heavy (non-hydrogen) atoms. The van der Waals surface area contributed by atoms with Crippen LogP contribution in [0.3, 0.4) is 0 Å². The van der Waals surface area contributed by atoms with Gasteiger partial charge in [0.2, 0.25) is 0 Å². The molecule has 0 bridgehead atoms. The number of amides is 1. The SMILES string of the molecule is C=CCC1(O)CO[C@H](COCc2ccccc2)CN(C(=O)OC(C)(C)C)C1. The van der Waals surface area contributed by atoms with Crippen molar-refractivity contribution in [2.45, 2.75) is 51.1 Å². The summed E-state index contributed by atoms with van der Waals surface area (Å²) in [5.74, 6) is 0. The molecule has 1 heterocycles. The van der Waals surface area contributed by atoms with Crippen LogP contribution in [0.15, 0.2) is 43.0 Å². The predicted molar refractivity (Wildman–Crippen MR) is 103 cm³/mol. The molecule has 6 nitrogen and oxygen atoms in total. The fourth-order valence-corrected chi connectivity index (χ4v) is 2.88. The molecule has 0 aliphatic carbocycles. The summed E-state index contributed by atoms with van der Waals surface area (Å²) in [6.45, 7) is 10.4. The summed E-state index contributed by atoms with van der Waals surface area (Å²) in [5.41, 5.74) is -0.731. The Hall–Kier alpha value is -1.89. The molecule has 6 heteroatoms. The maximum Gasteiger partial charge on any atom is 0.410 e. The summed E-state index contributed by atoms with van der Waals surface area (Å²) in [6, 6.07) is 9.85. The summed E-state index contributed by atoms with van der Waals surface area (Å²) in [7, 11) is 0. The van der Waals surface area contributed by atoms with Crippen molar-refractivity contribution in [1.82, 2.24) is 4.90 Å². The van der Waals surface area contributed by atoms with E-state index in [1.165, 1.54) is 4.90 Å². The van der Waals surface area contributed by atoms with Crippen molar-refractivity contribution in [3.63, 3.8) is 0 Å². The number of ether oxygens (including phenoxy) is 3. The monoisotopic (exact) mass is 377 g/mol. The van der Waals surface area contributed by atoms with E-state index in [9.17, 15) is 9.90 Å². The minimum Gasteiger partial charge on any atom is -0.444 e. The van der Waals surface area contributed by atoms with Crippen molar-refractivity contribution in [2.75, 3.05) is 26.3 Å². The lowest BCUT2D eigenvalue weighted by Crippen LogP contribution is -2.48. The van der Waals surface area contributed by atoms with E-state index >= 15 is 0 Å². The highest BCUT2D eigenvalue weighted by Gasteiger charge is 2.38. The van der Waals surface area contributed by atoms with Crippen LogP contribution in [0.4, 0.5) is 4.79 Å². The summed E-state index contributed by atoms with van der Waals surface area (Å²) in [4.78, 5) is 14.1. The average Bonchev–Trinajstić information content (AvgIpc) is 2.74. The van der Waals surface area contributed by atoms with E-state index in [2.05, 4.69) is 6.58 Å². The average molecular weight is 377 g/mol. The van der Waals surface area contributed by atoms with E-state index in [1.54, 1.807) is 6.08 Å². The molecule has 0 saturated carbocycles. The lowest BCUT2D eigenvalue weighted by molar-refractivity contribution is -0.0722. The second-order valence-electron chi connectivity index (χ2n) is 8.01. The minimum absolute atomic E-state index is 0.109. The van der Waals surface area contributed by atoms with Crippen molar-refractivity contribution in [3.8, 4) is 0 Å². The molecule has 2 atom stereocenters. The van der Waals surface area contributed by atoms with Gasteiger partial charge >= 0.3 is 6.09 Å². The molecule has 0 spiro atoms. The third-order valence-electron chi connectivity index (χ3n) is 4.09. The van der Waals surface area contributed by atoms with Crippen molar-refractivity contribution in [2.24, 2.45) is 0 Å². The second kappa shape index (κ2) is 9.35. The Morgan fingerprint density at radius 3 is 2.74 bits per heavy atom. The molecule has 150 valence electrons. The molecule has 1 aliphatic heterocycles. The lowest BCUT2D eigenvalue weighted by Gasteiger charge is -2.31. The van der Waals surface area contributed by atoms with E-state index in [1.807, 2.05) is 51.1 Å². The van der Waals surface area contributed by atoms with Crippen LogP contribution in [0.25, 0.3) is 0 Å². The second-order valence-corrected chi connectivity index (χ2v) is 8.01. The Labute approximate surface area is 161 Å². The van der Waals surface area contributed by atoms with Gasteiger partial charge in [-0.1, -0.05) is 36.4 Å². The maximum absolute atomic E-state index is 12.6. The Kier molecular flexibility index (Phi) is 7.41. The number of aliphatic hydroxyl groups is 1. The molecule has 1 aromatic carbocycles. The van der Waals surface area contributed by atoms with Crippen molar-refractivity contribution >= 4 is 6.09 Å². The molecule has 1 saturated heterocycles. The zero-order valence-corrected chi connectivity index (χ0v) is 16.5. The smallest absolute Gasteiger partial charge is 0.410 e. The summed E-state index contributed by atoms with van der Waals surface area (Å²) in [6.07, 6.45) is 1.14. The van der Waals surface area contributed by atoms with Crippen molar-refractivity contribution in [3.05, 3.63) is 48.6 Å². The van der Waals surface area contributed by atoms with Crippen LogP contribution in [-0.4, -0.2) is 59.7 Å². The minimum atomic E-state index is -1.19. The normalized spacial score (nSPS) is 23.6. The highest BCUT2D eigenvalue weighted by atomic mass is 16.6. The van der Waals surface area contributed by atoms with E-state index < -0.39 is 17.3 Å². The maximum atomic E-state index is 12.6. The van der Waals surface area contributed by atoms with Crippen LogP contribution >= 0.6 is 0 Å². The molecule has 0 aromatic heterocycles. The summed E-state index contributed by atoms with van der Waals surface area (Å²) in [5, 5.41) is 10.8.